The van der Waals surface area contributed by atoms with Gasteiger partial charge in [-0.1, -0.05) is 0 Å². The Bertz CT molecular complexity index is 526. The van der Waals surface area contributed by atoms with Crippen molar-refractivity contribution >= 4 is 24.1 Å². The van der Waals surface area contributed by atoms with E-state index in [4.69, 9.17) is 5.11 Å². The summed E-state index contributed by atoms with van der Waals surface area (Å²) in [5.41, 5.74) is 0.0237. The maximum absolute atomic E-state index is 13.2. The minimum absolute atomic E-state index is 0. The Kier molecular flexibility index (Phi) is 5.41. The minimum atomic E-state index is -0.948. The third-order valence-electron chi connectivity index (χ3n) is 3.26. The van der Waals surface area contributed by atoms with E-state index in [2.05, 4.69) is 0 Å². The fourth-order valence-electron chi connectivity index (χ4n) is 2.37. The Hall–Kier alpha value is -1.73. The molecule has 1 N–H and O–H groups in total. The Morgan fingerprint density at radius 3 is 2.85 bits per heavy atom. The van der Waals surface area contributed by atoms with Crippen molar-refractivity contribution in [2.24, 2.45) is 0 Å². The second-order valence-electron chi connectivity index (χ2n) is 4.50. The van der Waals surface area contributed by atoms with Gasteiger partial charge in [0.05, 0.1) is 4.92 Å². The number of aliphatic carboxylic acids is 1. The Morgan fingerprint density at radius 1 is 1.55 bits per heavy atom. The number of nitrogens with zero attached hydrogens (tertiary/aromatic N) is 2. The highest BCUT2D eigenvalue weighted by Gasteiger charge is 2.31. The molecule has 0 bridgehead atoms. The summed E-state index contributed by atoms with van der Waals surface area (Å²) in [5, 5.41) is 19.9. The van der Waals surface area contributed by atoms with Crippen LogP contribution in [0.1, 0.15) is 18.4 Å². The van der Waals surface area contributed by atoms with Crippen molar-refractivity contribution in [3.63, 3.8) is 0 Å². The molecule has 1 aromatic carbocycles. The highest BCUT2D eigenvalue weighted by molar-refractivity contribution is 5.85. The second kappa shape index (κ2) is 6.62. The van der Waals surface area contributed by atoms with Gasteiger partial charge in [0.1, 0.15) is 11.9 Å². The first kappa shape index (κ1) is 16.3. The second-order valence-corrected chi connectivity index (χ2v) is 4.50. The first-order valence-electron chi connectivity index (χ1n) is 5.88. The van der Waals surface area contributed by atoms with Crippen LogP contribution in [0.2, 0.25) is 0 Å². The number of nitro benzene ring substituents is 1. The van der Waals surface area contributed by atoms with Gasteiger partial charge in [-0.05, 0) is 31.5 Å². The van der Waals surface area contributed by atoms with Gasteiger partial charge in [-0.2, -0.15) is 0 Å². The van der Waals surface area contributed by atoms with E-state index >= 15 is 0 Å². The van der Waals surface area contributed by atoms with E-state index in [0.29, 0.717) is 13.0 Å². The molecule has 0 aromatic heterocycles. The lowest BCUT2D eigenvalue weighted by Gasteiger charge is -2.20. The Morgan fingerprint density at radius 2 is 2.25 bits per heavy atom. The topological polar surface area (TPSA) is 83.7 Å². The Labute approximate surface area is 120 Å². The first-order valence-corrected chi connectivity index (χ1v) is 5.88. The van der Waals surface area contributed by atoms with Gasteiger partial charge in [-0.15, -0.1) is 12.4 Å². The highest BCUT2D eigenvalue weighted by atomic mass is 35.5. The molecule has 1 fully saturated rings. The summed E-state index contributed by atoms with van der Waals surface area (Å²) < 4.78 is 13.2. The molecule has 1 atom stereocenters. The lowest BCUT2D eigenvalue weighted by molar-refractivity contribution is -0.385. The molecule has 0 unspecified atom stereocenters. The van der Waals surface area contributed by atoms with Gasteiger partial charge < -0.3 is 5.11 Å². The molecule has 1 saturated heterocycles. The number of halogens is 2. The van der Waals surface area contributed by atoms with E-state index in [-0.39, 0.29) is 30.2 Å². The van der Waals surface area contributed by atoms with Crippen LogP contribution in [0, 0.1) is 15.9 Å². The van der Waals surface area contributed by atoms with Crippen molar-refractivity contribution in [1.82, 2.24) is 4.90 Å². The Balaban J connectivity index is 0.00000200. The van der Waals surface area contributed by atoms with Gasteiger partial charge in [0.25, 0.3) is 5.69 Å². The molecular weight excluding hydrogens is 291 g/mol. The molecule has 0 spiro atoms. The van der Waals surface area contributed by atoms with Crippen LogP contribution in [0.5, 0.6) is 0 Å². The monoisotopic (exact) mass is 304 g/mol. The molecule has 8 heteroatoms. The number of carboxylic acids is 1. The first-order chi connectivity index (χ1) is 8.99. The van der Waals surface area contributed by atoms with Crippen molar-refractivity contribution < 1.29 is 19.2 Å². The van der Waals surface area contributed by atoms with Crippen molar-refractivity contribution in [1.29, 1.82) is 0 Å². The van der Waals surface area contributed by atoms with E-state index in [1.165, 1.54) is 0 Å². The van der Waals surface area contributed by atoms with Crippen molar-refractivity contribution in [3.05, 3.63) is 39.7 Å². The molecule has 6 nitrogen and oxygen atoms in total. The predicted octanol–water partition coefficient (Wildman–Crippen LogP) is 2.20. The molecule has 1 aliphatic rings. The zero-order chi connectivity index (χ0) is 14.0. The maximum atomic E-state index is 13.2. The number of hydrogen-bond acceptors (Lipinski definition) is 4. The quantitative estimate of drug-likeness (QED) is 0.681. The molecule has 1 heterocycles. The van der Waals surface area contributed by atoms with Crippen LogP contribution in [-0.2, 0) is 11.3 Å². The third-order valence-corrected chi connectivity index (χ3v) is 3.26. The van der Waals surface area contributed by atoms with Gasteiger partial charge in [0.15, 0.2) is 0 Å². The van der Waals surface area contributed by atoms with Crippen LogP contribution in [-0.4, -0.2) is 33.5 Å². The number of hydrogen-bond donors (Lipinski definition) is 1. The molecule has 0 aliphatic carbocycles. The lowest BCUT2D eigenvalue weighted by Crippen LogP contribution is -2.35. The molecular formula is C12H14ClFN2O4. The lowest BCUT2D eigenvalue weighted by atomic mass is 10.1. The molecule has 1 aromatic rings. The van der Waals surface area contributed by atoms with Gasteiger partial charge in [-0.3, -0.25) is 19.8 Å². The van der Waals surface area contributed by atoms with Gasteiger partial charge in [0.2, 0.25) is 0 Å². The SMILES string of the molecule is Cl.O=C(O)[C@@H]1CCCN1Cc1cc(F)ccc1[N+](=O)[O-]. The van der Waals surface area contributed by atoms with E-state index in [1.54, 1.807) is 4.90 Å². The maximum Gasteiger partial charge on any atom is 0.320 e. The largest absolute Gasteiger partial charge is 0.480 e. The smallest absolute Gasteiger partial charge is 0.320 e. The van der Waals surface area contributed by atoms with Crippen molar-refractivity contribution in [3.8, 4) is 0 Å². The predicted molar refractivity (Wildman–Crippen MR) is 71.4 cm³/mol. The summed E-state index contributed by atoms with van der Waals surface area (Å²) in [5.74, 6) is -1.51. The van der Waals surface area contributed by atoms with Crippen molar-refractivity contribution in [2.75, 3.05) is 6.54 Å². The summed E-state index contributed by atoms with van der Waals surface area (Å²) >= 11 is 0. The standard InChI is InChI=1S/C12H13FN2O4.ClH/c13-9-3-4-10(15(18)19)8(6-9)7-14-5-1-2-11(14)12(16)17;/h3-4,6,11H,1-2,5,7H2,(H,16,17);1H/t11-;/m0./s1. The molecule has 20 heavy (non-hydrogen) atoms. The zero-order valence-electron chi connectivity index (χ0n) is 10.5. The number of rotatable bonds is 4. The number of carbonyl (C=O) groups is 1. The highest BCUT2D eigenvalue weighted by Crippen LogP contribution is 2.25. The number of carboxylic acid groups (broad SMARTS) is 1. The molecule has 0 saturated carbocycles. The molecule has 0 amide bonds. The normalized spacial score (nSPS) is 18.6. The number of likely N-dealkylation sites (tertiary alicyclic amines) is 1. The van der Waals surface area contributed by atoms with Gasteiger partial charge in [0, 0.05) is 18.2 Å². The number of benzene rings is 1. The molecule has 2 rings (SSSR count). The third kappa shape index (κ3) is 3.43. The summed E-state index contributed by atoms with van der Waals surface area (Å²) in [4.78, 5) is 23.0. The fraction of sp³-hybridized carbons (Fsp3) is 0.417. The van der Waals surface area contributed by atoms with E-state index in [0.717, 1.165) is 24.6 Å². The van der Waals surface area contributed by atoms with Crippen LogP contribution in [0.3, 0.4) is 0 Å². The summed E-state index contributed by atoms with van der Waals surface area (Å²) in [6.07, 6.45) is 1.23. The van der Waals surface area contributed by atoms with Gasteiger partial charge >= 0.3 is 5.97 Å². The molecule has 0 radical (unpaired) electrons. The zero-order valence-corrected chi connectivity index (χ0v) is 11.3. The van der Waals surface area contributed by atoms with Crippen LogP contribution in [0.15, 0.2) is 18.2 Å². The van der Waals surface area contributed by atoms with Gasteiger partial charge in [-0.25, -0.2) is 4.39 Å². The molecule has 1 aliphatic heterocycles. The fourth-order valence-corrected chi connectivity index (χ4v) is 2.37. The van der Waals surface area contributed by atoms with Crippen LogP contribution in [0.25, 0.3) is 0 Å². The number of nitro groups is 1. The van der Waals surface area contributed by atoms with E-state index < -0.39 is 22.8 Å². The molecule has 110 valence electrons. The van der Waals surface area contributed by atoms with Crippen LogP contribution >= 0.6 is 12.4 Å². The summed E-state index contributed by atoms with van der Waals surface area (Å²) in [7, 11) is 0. The average molecular weight is 305 g/mol. The van der Waals surface area contributed by atoms with E-state index in [1.807, 2.05) is 0 Å². The van der Waals surface area contributed by atoms with Crippen LogP contribution in [0.4, 0.5) is 10.1 Å². The van der Waals surface area contributed by atoms with Crippen molar-refractivity contribution in [2.45, 2.75) is 25.4 Å². The summed E-state index contributed by atoms with van der Waals surface area (Å²) in [6.45, 7) is 0.621. The minimum Gasteiger partial charge on any atom is -0.480 e. The average Bonchev–Trinajstić information content (AvgIpc) is 2.76. The van der Waals surface area contributed by atoms with E-state index in [9.17, 15) is 19.3 Å². The summed E-state index contributed by atoms with van der Waals surface area (Å²) in [6, 6.07) is 2.58. The van der Waals surface area contributed by atoms with Crippen LogP contribution < -0.4 is 0 Å².